The van der Waals surface area contributed by atoms with Crippen molar-refractivity contribution in [1.82, 2.24) is 34.3 Å². The van der Waals surface area contributed by atoms with Gasteiger partial charge in [-0.2, -0.15) is 0 Å². The minimum Gasteiger partial charge on any atom is -0.376 e. The van der Waals surface area contributed by atoms with Gasteiger partial charge in [0.15, 0.2) is 0 Å². The van der Waals surface area contributed by atoms with Crippen LogP contribution in [0.25, 0.3) is 0 Å². The first-order chi connectivity index (χ1) is 27.2. The van der Waals surface area contributed by atoms with Crippen molar-refractivity contribution >= 4 is 0 Å². The van der Waals surface area contributed by atoms with Crippen LogP contribution in [0.2, 0.25) is 0 Å². The number of likely N-dealkylation sites (N-methyl/N-ethyl adjacent to an activating group) is 1. The standard InChI is InChI=1S/C14H30N2.C13H28N2.C12H26N2.C11H23NO.CH4/c1-12(2)6-9-15(5)14-7-10-16(11-8-14)13(3)4;1-12(2)6-5-7-14-8-10-15(11-9-14)13(3)4;1-10(2)6-7-13(5)12-8-14(9-12)11(3)4;1-9(2)5-6-13-11-7-12(8-11)10(3)4;/h12-14H,6-11H2,1-5H3;12-13H,5-11H2,1-4H3;10-12H,6-9H2,1-5H3;9-11H,5-8H2,1-4H3;1H4. The summed E-state index contributed by atoms with van der Waals surface area (Å²) in [5, 5.41) is 0. The Morgan fingerprint density at radius 2 is 0.847 bits per heavy atom. The van der Waals surface area contributed by atoms with Crippen LogP contribution < -0.4 is 0 Å². The second-order valence-corrected chi connectivity index (χ2v) is 21.6. The summed E-state index contributed by atoms with van der Waals surface area (Å²) in [6.45, 7) is 53.8. The predicted molar refractivity (Wildman–Crippen MR) is 264 cm³/mol. The van der Waals surface area contributed by atoms with Crippen LogP contribution in [0.5, 0.6) is 0 Å². The number of nitrogens with zero attached hydrogens (tertiary/aromatic N) is 7. The first-order valence-electron chi connectivity index (χ1n) is 24.9. The monoisotopic (exact) mass is 838 g/mol. The highest BCUT2D eigenvalue weighted by Crippen LogP contribution is 2.19. The van der Waals surface area contributed by atoms with Gasteiger partial charge in [-0.25, -0.2) is 0 Å². The number of hydrogen-bond donors (Lipinski definition) is 0. The average Bonchev–Trinajstić information content (AvgIpc) is 3.10. The smallest absolute Gasteiger partial charge is 0.0828 e. The minimum absolute atomic E-state index is 0. The Balaban J connectivity index is 0.000000758. The molecule has 4 saturated heterocycles. The Hall–Kier alpha value is -0.320. The predicted octanol–water partition coefficient (Wildman–Crippen LogP) is 10.1. The number of rotatable bonds is 20. The van der Waals surface area contributed by atoms with Gasteiger partial charge in [-0.15, -0.1) is 0 Å². The summed E-state index contributed by atoms with van der Waals surface area (Å²) >= 11 is 0. The Labute approximate surface area is 372 Å². The molecule has 0 spiro atoms. The number of piperazine rings is 1. The Bertz CT molecular complexity index is 938. The molecule has 8 heteroatoms. The van der Waals surface area contributed by atoms with Gasteiger partial charge in [0.1, 0.15) is 0 Å². The van der Waals surface area contributed by atoms with E-state index in [1.807, 2.05) is 0 Å². The van der Waals surface area contributed by atoms with Crippen LogP contribution in [0.4, 0.5) is 0 Å². The molecule has 0 saturated carbocycles. The molecule has 0 aromatic rings. The summed E-state index contributed by atoms with van der Waals surface area (Å²) in [4.78, 5) is 17.9. The molecule has 356 valence electrons. The van der Waals surface area contributed by atoms with E-state index in [9.17, 15) is 0 Å². The summed E-state index contributed by atoms with van der Waals surface area (Å²) in [7, 11) is 4.57. The molecule has 0 atom stereocenters. The van der Waals surface area contributed by atoms with Crippen LogP contribution in [0.15, 0.2) is 0 Å². The average molecular weight is 838 g/mol. The highest BCUT2D eigenvalue weighted by molar-refractivity contribution is 4.88. The number of piperidine rings is 1. The molecule has 0 unspecified atom stereocenters. The first-order valence-corrected chi connectivity index (χ1v) is 24.9. The number of ether oxygens (including phenoxy) is 1. The largest absolute Gasteiger partial charge is 0.376 e. The second kappa shape index (κ2) is 32.4. The molecule has 59 heavy (non-hydrogen) atoms. The van der Waals surface area contributed by atoms with E-state index in [1.165, 1.54) is 117 Å². The molecule has 4 aliphatic rings. The lowest BCUT2D eigenvalue weighted by Gasteiger charge is -2.46. The van der Waals surface area contributed by atoms with Gasteiger partial charge < -0.3 is 24.3 Å². The van der Waals surface area contributed by atoms with Crippen molar-refractivity contribution in [3.05, 3.63) is 0 Å². The molecule has 0 N–H and O–H groups in total. The normalized spacial score (nSPS) is 19.7. The van der Waals surface area contributed by atoms with E-state index in [0.29, 0.717) is 12.1 Å². The third kappa shape index (κ3) is 26.8. The highest BCUT2D eigenvalue weighted by Gasteiger charge is 2.31. The van der Waals surface area contributed by atoms with E-state index in [0.717, 1.165) is 73.6 Å². The lowest BCUT2D eigenvalue weighted by atomic mass is 10.0. The summed E-state index contributed by atoms with van der Waals surface area (Å²) in [5.74, 6) is 3.29. The van der Waals surface area contributed by atoms with Gasteiger partial charge in [0.25, 0.3) is 0 Å². The van der Waals surface area contributed by atoms with Crippen LogP contribution in [0, 0.1) is 23.7 Å². The molecule has 0 bridgehead atoms. The Morgan fingerprint density at radius 3 is 1.25 bits per heavy atom. The molecule has 0 aromatic carbocycles. The van der Waals surface area contributed by atoms with Crippen molar-refractivity contribution in [2.24, 2.45) is 23.7 Å². The second-order valence-electron chi connectivity index (χ2n) is 21.6. The van der Waals surface area contributed by atoms with Crippen LogP contribution in [-0.2, 0) is 4.74 Å². The van der Waals surface area contributed by atoms with Gasteiger partial charge in [-0.1, -0.05) is 62.8 Å². The number of likely N-dealkylation sites (tertiary alicyclic amines) is 3. The van der Waals surface area contributed by atoms with Crippen molar-refractivity contribution in [3.63, 3.8) is 0 Å². The Kier molecular flexibility index (Phi) is 32.2. The summed E-state index contributed by atoms with van der Waals surface area (Å²) in [5.41, 5.74) is 0. The summed E-state index contributed by atoms with van der Waals surface area (Å²) in [6, 6.07) is 4.50. The fourth-order valence-electron chi connectivity index (χ4n) is 8.01. The van der Waals surface area contributed by atoms with Crippen molar-refractivity contribution in [3.8, 4) is 0 Å². The van der Waals surface area contributed by atoms with Crippen molar-refractivity contribution in [1.29, 1.82) is 0 Å². The molecule has 4 heterocycles. The van der Waals surface area contributed by atoms with Gasteiger partial charge in [0, 0.05) is 95.2 Å². The molecular formula is C51H111N7O. The molecule has 0 aliphatic carbocycles. The van der Waals surface area contributed by atoms with E-state index >= 15 is 0 Å². The highest BCUT2D eigenvalue weighted by atomic mass is 16.5. The maximum atomic E-state index is 5.73. The minimum atomic E-state index is 0. The quantitative estimate of drug-likeness (QED) is 0.120. The maximum absolute atomic E-state index is 5.73. The molecule has 0 aromatic heterocycles. The van der Waals surface area contributed by atoms with Crippen molar-refractivity contribution < 1.29 is 4.74 Å². The lowest BCUT2D eigenvalue weighted by Crippen LogP contribution is -2.60. The van der Waals surface area contributed by atoms with Crippen molar-refractivity contribution in [2.75, 3.05) is 106 Å². The van der Waals surface area contributed by atoms with E-state index in [2.05, 4.69) is 159 Å². The zero-order valence-electron chi connectivity index (χ0n) is 42.7. The molecule has 8 nitrogen and oxygen atoms in total. The van der Waals surface area contributed by atoms with Crippen LogP contribution in [0.3, 0.4) is 0 Å². The van der Waals surface area contributed by atoms with E-state index in [4.69, 9.17) is 4.74 Å². The van der Waals surface area contributed by atoms with Gasteiger partial charge >= 0.3 is 0 Å². The molecule has 4 aliphatic heterocycles. The van der Waals surface area contributed by atoms with Gasteiger partial charge in [0.05, 0.1) is 6.10 Å². The van der Waals surface area contributed by atoms with E-state index < -0.39 is 0 Å². The fourth-order valence-corrected chi connectivity index (χ4v) is 8.01. The van der Waals surface area contributed by atoms with Crippen LogP contribution >= 0.6 is 0 Å². The van der Waals surface area contributed by atoms with E-state index in [1.54, 1.807) is 0 Å². The molecular weight excluding hydrogens is 727 g/mol. The number of hydrogen-bond acceptors (Lipinski definition) is 8. The van der Waals surface area contributed by atoms with Crippen LogP contribution in [0.1, 0.15) is 163 Å². The lowest BCUT2D eigenvalue weighted by molar-refractivity contribution is -0.0686. The van der Waals surface area contributed by atoms with Gasteiger partial charge in [-0.3, -0.25) is 14.7 Å². The van der Waals surface area contributed by atoms with Gasteiger partial charge in [-0.05, 0) is 171 Å². The maximum Gasteiger partial charge on any atom is 0.0828 e. The van der Waals surface area contributed by atoms with Crippen LogP contribution in [-0.4, -0.2) is 182 Å². The zero-order valence-corrected chi connectivity index (χ0v) is 42.7. The molecule has 4 rings (SSSR count). The van der Waals surface area contributed by atoms with Gasteiger partial charge in [0.2, 0.25) is 0 Å². The fraction of sp³-hybridized carbons (Fsp3) is 1.00. The SMILES string of the molecule is C.CC(C)CCCN1CCN(C(C)C)CC1.CC(C)CCN(C)C1CCN(C(C)C)CC1.CC(C)CCN(C)C1CN(C(C)C)C1.CC(C)CCOC1CN(C(C)C)C1. The van der Waals surface area contributed by atoms with E-state index in [-0.39, 0.29) is 7.43 Å². The first kappa shape index (κ1) is 58.7. The topological polar surface area (TPSA) is 31.9 Å². The summed E-state index contributed by atoms with van der Waals surface area (Å²) in [6.07, 6.45) is 9.83. The molecule has 0 amide bonds. The summed E-state index contributed by atoms with van der Waals surface area (Å²) < 4.78 is 5.73. The van der Waals surface area contributed by atoms with Crippen molar-refractivity contribution in [2.45, 2.75) is 206 Å². The molecule has 0 radical (unpaired) electrons. The third-order valence-corrected chi connectivity index (χ3v) is 13.3. The zero-order chi connectivity index (χ0) is 43.9. The Morgan fingerprint density at radius 1 is 0.458 bits per heavy atom. The third-order valence-electron chi connectivity index (χ3n) is 13.3. The molecule has 4 fully saturated rings.